The molecule has 0 saturated heterocycles. The standard InChI is InChI=1S/C16H19ClN4O3S/c1-4-24-16(22)21(9-10-6-5-7-11(8-10)23-2)14-12(18)13(17)19-15(20-14)25-3/h5-8H,4,9,18H2,1-3H3. The lowest BCUT2D eigenvalue weighted by Gasteiger charge is -2.23. The molecule has 1 aromatic heterocycles. The number of carbonyl (C=O) groups excluding carboxylic acids is 1. The highest BCUT2D eigenvalue weighted by Gasteiger charge is 2.24. The van der Waals surface area contributed by atoms with Gasteiger partial charge in [0.1, 0.15) is 11.4 Å². The van der Waals surface area contributed by atoms with Gasteiger partial charge < -0.3 is 15.2 Å². The number of nitrogen functional groups attached to an aromatic ring is 1. The fourth-order valence-corrected chi connectivity index (χ4v) is 2.67. The van der Waals surface area contributed by atoms with E-state index in [-0.39, 0.29) is 29.8 Å². The van der Waals surface area contributed by atoms with Crippen LogP contribution in [0.25, 0.3) is 0 Å². The van der Waals surface area contributed by atoms with Gasteiger partial charge in [-0.25, -0.2) is 14.8 Å². The lowest BCUT2D eigenvalue weighted by atomic mass is 10.2. The van der Waals surface area contributed by atoms with Crippen molar-refractivity contribution in [1.82, 2.24) is 9.97 Å². The van der Waals surface area contributed by atoms with Crippen LogP contribution in [0.5, 0.6) is 5.75 Å². The maximum absolute atomic E-state index is 12.5. The zero-order chi connectivity index (χ0) is 18.4. The Morgan fingerprint density at radius 1 is 1.40 bits per heavy atom. The van der Waals surface area contributed by atoms with E-state index in [4.69, 9.17) is 26.8 Å². The van der Waals surface area contributed by atoms with Crippen LogP contribution in [0.15, 0.2) is 29.4 Å². The van der Waals surface area contributed by atoms with Crippen molar-refractivity contribution in [2.75, 3.05) is 30.6 Å². The van der Waals surface area contributed by atoms with Crippen molar-refractivity contribution < 1.29 is 14.3 Å². The van der Waals surface area contributed by atoms with Gasteiger partial charge in [-0.1, -0.05) is 35.5 Å². The first-order chi connectivity index (χ1) is 12.0. The summed E-state index contributed by atoms with van der Waals surface area (Å²) in [6.45, 7) is 2.15. The van der Waals surface area contributed by atoms with Gasteiger partial charge in [0.25, 0.3) is 0 Å². The maximum Gasteiger partial charge on any atom is 0.415 e. The second-order valence-electron chi connectivity index (χ2n) is 4.87. The molecule has 0 bridgehead atoms. The zero-order valence-electron chi connectivity index (χ0n) is 14.2. The molecule has 0 aliphatic rings. The molecule has 0 radical (unpaired) electrons. The van der Waals surface area contributed by atoms with Crippen LogP contribution >= 0.6 is 23.4 Å². The van der Waals surface area contributed by atoms with Crippen molar-refractivity contribution in [2.45, 2.75) is 18.6 Å². The van der Waals surface area contributed by atoms with Gasteiger partial charge >= 0.3 is 6.09 Å². The van der Waals surface area contributed by atoms with E-state index in [0.29, 0.717) is 10.9 Å². The summed E-state index contributed by atoms with van der Waals surface area (Å²) in [5, 5.41) is 0.503. The molecule has 7 nitrogen and oxygen atoms in total. The third kappa shape index (κ3) is 4.67. The lowest BCUT2D eigenvalue weighted by molar-refractivity contribution is 0.159. The highest BCUT2D eigenvalue weighted by Crippen LogP contribution is 2.31. The Morgan fingerprint density at radius 2 is 2.16 bits per heavy atom. The number of hydrogen-bond acceptors (Lipinski definition) is 7. The molecule has 0 fully saturated rings. The van der Waals surface area contributed by atoms with Gasteiger partial charge in [0.05, 0.1) is 20.3 Å². The molecule has 1 heterocycles. The number of halogens is 1. The Hall–Kier alpha value is -2.19. The van der Waals surface area contributed by atoms with Gasteiger partial charge in [-0.05, 0) is 30.9 Å². The molecule has 2 aromatic rings. The number of amides is 1. The Balaban J connectivity index is 2.46. The molecular weight excluding hydrogens is 364 g/mol. The molecule has 1 aromatic carbocycles. The summed E-state index contributed by atoms with van der Waals surface area (Å²) in [6.07, 6.45) is 1.24. The lowest BCUT2D eigenvalue weighted by Crippen LogP contribution is -2.32. The quantitative estimate of drug-likeness (QED) is 0.463. The molecular formula is C16H19ClN4O3S. The molecule has 2 rings (SSSR count). The van der Waals surface area contributed by atoms with Crippen LogP contribution in [0.1, 0.15) is 12.5 Å². The van der Waals surface area contributed by atoms with Crippen LogP contribution in [0.2, 0.25) is 5.15 Å². The Labute approximate surface area is 155 Å². The molecule has 0 spiro atoms. The molecule has 0 saturated carbocycles. The average molecular weight is 383 g/mol. The number of ether oxygens (including phenoxy) is 2. The second-order valence-corrected chi connectivity index (χ2v) is 6.01. The number of nitrogens with zero attached hydrogens (tertiary/aromatic N) is 3. The second kappa shape index (κ2) is 8.77. The SMILES string of the molecule is CCOC(=O)N(Cc1cccc(OC)c1)c1nc(SC)nc(Cl)c1N. The molecule has 0 aliphatic carbocycles. The van der Waals surface area contributed by atoms with E-state index in [2.05, 4.69) is 9.97 Å². The van der Waals surface area contributed by atoms with Crippen LogP contribution in [-0.2, 0) is 11.3 Å². The van der Waals surface area contributed by atoms with E-state index in [1.54, 1.807) is 14.0 Å². The topological polar surface area (TPSA) is 90.6 Å². The van der Waals surface area contributed by atoms with Crippen LogP contribution < -0.4 is 15.4 Å². The van der Waals surface area contributed by atoms with E-state index in [1.807, 2.05) is 30.5 Å². The van der Waals surface area contributed by atoms with Crippen LogP contribution in [0.3, 0.4) is 0 Å². The third-order valence-corrected chi connectivity index (χ3v) is 4.10. The molecule has 0 atom stereocenters. The first-order valence-electron chi connectivity index (χ1n) is 7.44. The summed E-state index contributed by atoms with van der Waals surface area (Å²) in [7, 11) is 1.58. The number of methoxy groups -OCH3 is 1. The van der Waals surface area contributed by atoms with Crippen molar-refractivity contribution in [3.63, 3.8) is 0 Å². The summed E-state index contributed by atoms with van der Waals surface area (Å²) >= 11 is 7.39. The summed E-state index contributed by atoms with van der Waals surface area (Å²) in [6, 6.07) is 7.34. The Morgan fingerprint density at radius 3 is 2.80 bits per heavy atom. The van der Waals surface area contributed by atoms with Gasteiger partial charge in [-0.2, -0.15) is 0 Å². The monoisotopic (exact) mass is 382 g/mol. The number of hydrogen-bond donors (Lipinski definition) is 1. The third-order valence-electron chi connectivity index (χ3n) is 3.26. The molecule has 134 valence electrons. The average Bonchev–Trinajstić information content (AvgIpc) is 2.62. The maximum atomic E-state index is 12.5. The fraction of sp³-hybridized carbons (Fsp3) is 0.312. The van der Waals surface area contributed by atoms with Gasteiger partial charge in [0.15, 0.2) is 16.1 Å². The highest BCUT2D eigenvalue weighted by atomic mass is 35.5. The number of aromatic nitrogens is 2. The Bertz CT molecular complexity index is 760. The molecule has 0 aliphatic heterocycles. The smallest absolute Gasteiger partial charge is 0.415 e. The van der Waals surface area contributed by atoms with Gasteiger partial charge in [-0.3, -0.25) is 4.90 Å². The van der Waals surface area contributed by atoms with Crippen molar-refractivity contribution in [3.05, 3.63) is 35.0 Å². The van der Waals surface area contributed by atoms with E-state index in [0.717, 1.165) is 5.56 Å². The van der Waals surface area contributed by atoms with Crippen LogP contribution in [0, 0.1) is 0 Å². The molecule has 2 N–H and O–H groups in total. The van der Waals surface area contributed by atoms with Gasteiger partial charge in [0.2, 0.25) is 0 Å². The van der Waals surface area contributed by atoms with Crippen molar-refractivity contribution in [3.8, 4) is 5.75 Å². The van der Waals surface area contributed by atoms with Crippen molar-refractivity contribution >= 4 is 41.0 Å². The summed E-state index contributed by atoms with van der Waals surface area (Å²) in [5.41, 5.74) is 6.96. The van der Waals surface area contributed by atoms with Crippen molar-refractivity contribution in [1.29, 1.82) is 0 Å². The first kappa shape index (κ1) is 19.1. The minimum Gasteiger partial charge on any atom is -0.497 e. The largest absolute Gasteiger partial charge is 0.497 e. The zero-order valence-corrected chi connectivity index (χ0v) is 15.7. The number of benzene rings is 1. The first-order valence-corrected chi connectivity index (χ1v) is 9.04. The molecule has 25 heavy (non-hydrogen) atoms. The minimum absolute atomic E-state index is 0.0919. The predicted octanol–water partition coefficient (Wildman–Crippen LogP) is 3.61. The van der Waals surface area contributed by atoms with Gasteiger partial charge in [-0.15, -0.1) is 0 Å². The number of carbonyl (C=O) groups is 1. The van der Waals surface area contributed by atoms with E-state index in [1.165, 1.54) is 16.7 Å². The summed E-state index contributed by atoms with van der Waals surface area (Å²) in [4.78, 5) is 22.2. The fourth-order valence-electron chi connectivity index (χ4n) is 2.09. The molecule has 1 amide bonds. The number of rotatable bonds is 6. The van der Waals surface area contributed by atoms with E-state index in [9.17, 15) is 4.79 Å². The molecule has 0 unspecified atom stereocenters. The number of anilines is 2. The highest BCUT2D eigenvalue weighted by molar-refractivity contribution is 7.98. The minimum atomic E-state index is -0.571. The Kier molecular flexibility index (Phi) is 6.72. The van der Waals surface area contributed by atoms with Crippen LogP contribution in [-0.4, -0.2) is 36.0 Å². The van der Waals surface area contributed by atoms with E-state index >= 15 is 0 Å². The molecule has 9 heteroatoms. The summed E-state index contributed by atoms with van der Waals surface area (Å²) < 4.78 is 10.4. The van der Waals surface area contributed by atoms with Crippen molar-refractivity contribution in [2.24, 2.45) is 0 Å². The summed E-state index contributed by atoms with van der Waals surface area (Å²) in [5.74, 6) is 0.894. The number of thioether (sulfide) groups is 1. The van der Waals surface area contributed by atoms with Crippen LogP contribution in [0.4, 0.5) is 16.3 Å². The number of nitrogens with two attached hydrogens (primary N) is 1. The van der Waals surface area contributed by atoms with E-state index < -0.39 is 6.09 Å². The van der Waals surface area contributed by atoms with Gasteiger partial charge in [0, 0.05) is 0 Å². The normalized spacial score (nSPS) is 10.4. The predicted molar refractivity (Wildman–Crippen MR) is 99.4 cm³/mol.